The minimum absolute atomic E-state index is 0.210. The largest absolute Gasteiger partial charge is 0.481 e. The topological polar surface area (TPSA) is 81.4 Å². The summed E-state index contributed by atoms with van der Waals surface area (Å²) in [5.41, 5.74) is 12.4. The van der Waals surface area contributed by atoms with Gasteiger partial charge in [-0.2, -0.15) is 0 Å². The van der Waals surface area contributed by atoms with Gasteiger partial charge in [0.05, 0.1) is 0 Å². The summed E-state index contributed by atoms with van der Waals surface area (Å²) in [6.45, 7) is 1.39. The molecule has 2 heterocycles. The zero-order chi connectivity index (χ0) is 22.1. The molecule has 5 rings (SSSR count). The second kappa shape index (κ2) is 8.52. The van der Waals surface area contributed by atoms with Crippen LogP contribution in [0.15, 0.2) is 71.3 Å². The van der Waals surface area contributed by atoms with Crippen molar-refractivity contribution in [1.82, 2.24) is 4.57 Å². The minimum atomic E-state index is -0.739. The number of aryl methyl sites for hydroxylation is 1. The number of furan rings is 1. The van der Waals surface area contributed by atoms with Gasteiger partial charge in [-0.1, -0.05) is 36.4 Å². The number of carboxylic acids is 1. The molecule has 0 radical (unpaired) electrons. The first-order chi connectivity index (χ1) is 15.7. The number of hydrogen-bond acceptors (Lipinski definition) is 3. The van der Waals surface area contributed by atoms with Crippen molar-refractivity contribution in [3.05, 3.63) is 72.4 Å². The highest BCUT2D eigenvalue weighted by Crippen LogP contribution is 2.38. The summed E-state index contributed by atoms with van der Waals surface area (Å²) < 4.78 is 8.31. The van der Waals surface area contributed by atoms with E-state index in [9.17, 15) is 4.79 Å². The lowest BCUT2D eigenvalue weighted by molar-refractivity contribution is -0.137. The fraction of sp³-hybridized carbons (Fsp3) is 0.222. The number of para-hydroxylation sites is 1. The first-order valence-corrected chi connectivity index (χ1v) is 11.1. The summed E-state index contributed by atoms with van der Waals surface area (Å²) in [4.78, 5) is 10.8. The van der Waals surface area contributed by atoms with E-state index in [1.165, 1.54) is 10.9 Å². The molecular formula is C27H26N2O3. The first-order valence-electron chi connectivity index (χ1n) is 11.1. The van der Waals surface area contributed by atoms with Gasteiger partial charge in [-0.25, -0.2) is 0 Å². The summed E-state index contributed by atoms with van der Waals surface area (Å²) in [7, 11) is 0. The molecule has 32 heavy (non-hydrogen) atoms. The van der Waals surface area contributed by atoms with E-state index in [1.807, 2.05) is 30.3 Å². The fourth-order valence-electron chi connectivity index (χ4n) is 4.65. The smallest absolute Gasteiger partial charge is 0.303 e. The summed E-state index contributed by atoms with van der Waals surface area (Å²) in [5, 5.41) is 12.4. The standard InChI is InChI=1S/C27H26N2O3/c28-14-13-19-17-29(15-4-3-10-26(30)31)23-12-11-18(16-22(19)23)20-7-5-9-25-27(20)21-6-1-2-8-24(21)32-25/h1-2,5-9,11-12,16-17H,3-4,10,13-15,28H2,(H,30,31). The number of unbranched alkanes of at least 4 members (excludes halogenated alkanes) is 1. The molecule has 0 fully saturated rings. The van der Waals surface area contributed by atoms with Gasteiger partial charge in [0.2, 0.25) is 0 Å². The quantitative estimate of drug-likeness (QED) is 0.300. The van der Waals surface area contributed by atoms with Gasteiger partial charge < -0.3 is 19.8 Å². The normalized spacial score (nSPS) is 11.7. The maximum Gasteiger partial charge on any atom is 0.303 e. The molecule has 0 aliphatic rings. The van der Waals surface area contributed by atoms with Gasteiger partial charge in [-0.3, -0.25) is 4.79 Å². The Balaban J connectivity index is 1.59. The van der Waals surface area contributed by atoms with E-state index in [1.54, 1.807) is 0 Å². The molecule has 0 bridgehead atoms. The van der Waals surface area contributed by atoms with Crippen molar-refractivity contribution in [1.29, 1.82) is 0 Å². The Bertz CT molecular complexity index is 1430. The van der Waals surface area contributed by atoms with Gasteiger partial charge in [-0.15, -0.1) is 0 Å². The summed E-state index contributed by atoms with van der Waals surface area (Å²) in [5.74, 6) is -0.739. The highest BCUT2D eigenvalue weighted by atomic mass is 16.4. The molecule has 162 valence electrons. The number of fused-ring (bicyclic) bond motifs is 4. The van der Waals surface area contributed by atoms with E-state index in [4.69, 9.17) is 15.3 Å². The van der Waals surface area contributed by atoms with E-state index in [2.05, 4.69) is 41.1 Å². The van der Waals surface area contributed by atoms with Crippen LogP contribution in [0, 0.1) is 0 Å². The number of carbonyl (C=O) groups is 1. The number of aromatic nitrogens is 1. The SMILES string of the molecule is NCCc1cn(CCCCC(=O)O)c2ccc(-c3cccc4oc5ccccc5c34)cc12. The van der Waals surface area contributed by atoms with Crippen LogP contribution in [0.5, 0.6) is 0 Å². The molecule has 0 aliphatic heterocycles. The van der Waals surface area contributed by atoms with Crippen molar-refractivity contribution in [2.75, 3.05) is 6.54 Å². The van der Waals surface area contributed by atoms with E-state index >= 15 is 0 Å². The average molecular weight is 427 g/mol. The van der Waals surface area contributed by atoms with Crippen molar-refractivity contribution in [2.45, 2.75) is 32.2 Å². The Labute approximate surface area is 186 Å². The predicted octanol–water partition coefficient (Wildman–Crippen LogP) is 5.96. The third-order valence-corrected chi connectivity index (χ3v) is 6.13. The van der Waals surface area contributed by atoms with Crippen LogP contribution in [0.25, 0.3) is 44.0 Å². The number of carboxylic acid groups (broad SMARTS) is 1. The van der Waals surface area contributed by atoms with Crippen LogP contribution in [0.4, 0.5) is 0 Å². The second-order valence-electron chi connectivity index (χ2n) is 8.25. The summed E-state index contributed by atoms with van der Waals surface area (Å²) >= 11 is 0. The summed E-state index contributed by atoms with van der Waals surface area (Å²) in [6, 6.07) is 20.9. The van der Waals surface area contributed by atoms with Gasteiger partial charge in [-0.05, 0) is 66.8 Å². The molecule has 0 saturated carbocycles. The van der Waals surface area contributed by atoms with Crippen molar-refractivity contribution < 1.29 is 14.3 Å². The van der Waals surface area contributed by atoms with E-state index in [-0.39, 0.29) is 6.42 Å². The lowest BCUT2D eigenvalue weighted by atomic mass is 9.97. The fourth-order valence-corrected chi connectivity index (χ4v) is 4.65. The molecule has 0 saturated heterocycles. The molecule has 0 amide bonds. The van der Waals surface area contributed by atoms with Crippen molar-refractivity contribution >= 4 is 38.8 Å². The highest BCUT2D eigenvalue weighted by Gasteiger charge is 2.14. The molecule has 3 aromatic carbocycles. The predicted molar refractivity (Wildman–Crippen MR) is 129 cm³/mol. The van der Waals surface area contributed by atoms with Crippen molar-refractivity contribution in [3.63, 3.8) is 0 Å². The van der Waals surface area contributed by atoms with Crippen molar-refractivity contribution in [3.8, 4) is 11.1 Å². The third kappa shape index (κ3) is 3.65. The van der Waals surface area contributed by atoms with Gasteiger partial charge in [0.25, 0.3) is 0 Å². The molecule has 5 aromatic rings. The lowest BCUT2D eigenvalue weighted by Crippen LogP contribution is -2.02. The van der Waals surface area contributed by atoms with Crippen LogP contribution < -0.4 is 5.73 Å². The zero-order valence-corrected chi connectivity index (χ0v) is 17.9. The van der Waals surface area contributed by atoms with Crippen LogP contribution in [-0.2, 0) is 17.8 Å². The number of rotatable bonds is 8. The van der Waals surface area contributed by atoms with Gasteiger partial charge in [0, 0.05) is 40.8 Å². The Morgan fingerprint density at radius 2 is 1.81 bits per heavy atom. The number of nitrogens with two attached hydrogens (primary N) is 1. The second-order valence-corrected chi connectivity index (χ2v) is 8.25. The van der Waals surface area contributed by atoms with E-state index in [0.717, 1.165) is 58.0 Å². The molecule has 5 nitrogen and oxygen atoms in total. The van der Waals surface area contributed by atoms with Crippen LogP contribution in [-0.4, -0.2) is 22.2 Å². The molecule has 5 heteroatoms. The summed E-state index contributed by atoms with van der Waals surface area (Å²) in [6.07, 6.45) is 4.70. The van der Waals surface area contributed by atoms with Crippen LogP contribution >= 0.6 is 0 Å². The Morgan fingerprint density at radius 1 is 0.969 bits per heavy atom. The Kier molecular flexibility index (Phi) is 5.41. The lowest BCUT2D eigenvalue weighted by Gasteiger charge is -2.08. The Hall–Kier alpha value is -3.57. The van der Waals surface area contributed by atoms with Gasteiger partial charge in [0.1, 0.15) is 11.2 Å². The number of benzene rings is 3. The number of nitrogens with zero attached hydrogens (tertiary/aromatic N) is 1. The average Bonchev–Trinajstić information content (AvgIpc) is 3.35. The van der Waals surface area contributed by atoms with Crippen molar-refractivity contribution in [2.24, 2.45) is 5.73 Å². The maximum absolute atomic E-state index is 10.8. The number of hydrogen-bond donors (Lipinski definition) is 2. The van der Waals surface area contributed by atoms with Crippen LogP contribution in [0.3, 0.4) is 0 Å². The highest BCUT2D eigenvalue weighted by molar-refractivity contribution is 6.12. The van der Waals surface area contributed by atoms with Crippen LogP contribution in [0.2, 0.25) is 0 Å². The number of aliphatic carboxylic acids is 1. The molecule has 0 aliphatic carbocycles. The molecule has 0 spiro atoms. The van der Waals surface area contributed by atoms with Crippen LogP contribution in [0.1, 0.15) is 24.8 Å². The molecule has 3 N–H and O–H groups in total. The van der Waals surface area contributed by atoms with E-state index in [0.29, 0.717) is 13.0 Å². The Morgan fingerprint density at radius 3 is 2.66 bits per heavy atom. The maximum atomic E-state index is 10.8. The van der Waals surface area contributed by atoms with Gasteiger partial charge in [0.15, 0.2) is 0 Å². The minimum Gasteiger partial charge on any atom is -0.481 e. The first kappa shape index (κ1) is 20.3. The monoisotopic (exact) mass is 426 g/mol. The molecule has 0 unspecified atom stereocenters. The zero-order valence-electron chi connectivity index (χ0n) is 17.9. The molecular weight excluding hydrogens is 400 g/mol. The van der Waals surface area contributed by atoms with Gasteiger partial charge >= 0.3 is 5.97 Å². The van der Waals surface area contributed by atoms with E-state index < -0.39 is 5.97 Å². The molecule has 0 atom stereocenters. The third-order valence-electron chi connectivity index (χ3n) is 6.13. The molecule has 2 aromatic heterocycles.